The Hall–Kier alpha value is -2.48. The number of halogens is 4. The van der Waals surface area contributed by atoms with Gasteiger partial charge in [0.25, 0.3) is 0 Å². The minimum absolute atomic E-state index is 0.0265. The molecule has 5 nitrogen and oxygen atoms in total. The van der Waals surface area contributed by atoms with Crippen molar-refractivity contribution in [3.63, 3.8) is 0 Å². The van der Waals surface area contributed by atoms with Crippen LogP contribution in [-0.2, 0) is 11.0 Å². The molecule has 0 unspecified atom stereocenters. The van der Waals surface area contributed by atoms with E-state index in [0.29, 0.717) is 5.69 Å². The molecule has 168 valence electrons. The summed E-state index contributed by atoms with van der Waals surface area (Å²) in [5, 5.41) is 6.02. The zero-order chi connectivity index (χ0) is 22.6. The van der Waals surface area contributed by atoms with E-state index in [-0.39, 0.29) is 22.9 Å². The van der Waals surface area contributed by atoms with Gasteiger partial charge in [-0.2, -0.15) is 13.2 Å². The lowest BCUT2D eigenvalue weighted by Crippen LogP contribution is -2.50. The number of hydrogen-bond acceptors (Lipinski definition) is 4. The van der Waals surface area contributed by atoms with Crippen LogP contribution >= 0.6 is 11.6 Å². The number of benzene rings is 1. The van der Waals surface area contributed by atoms with E-state index in [2.05, 4.69) is 20.5 Å². The van der Waals surface area contributed by atoms with Gasteiger partial charge in [-0.05, 0) is 49.1 Å². The van der Waals surface area contributed by atoms with E-state index in [1.54, 1.807) is 6.20 Å². The fraction of sp³-hybridized carbons (Fsp3) is 0.455. The molecular formula is C22H26ClF3N4O. The van der Waals surface area contributed by atoms with Crippen LogP contribution in [0.2, 0.25) is 5.02 Å². The lowest BCUT2D eigenvalue weighted by atomic mass is 10.00. The summed E-state index contributed by atoms with van der Waals surface area (Å²) < 4.78 is 38.6. The van der Waals surface area contributed by atoms with Crippen LogP contribution in [0.3, 0.4) is 0 Å². The van der Waals surface area contributed by atoms with Crippen molar-refractivity contribution in [2.45, 2.75) is 44.9 Å². The molecule has 1 aromatic carbocycles. The molecule has 0 radical (unpaired) electrons. The molecule has 1 fully saturated rings. The number of carbonyl (C=O) groups excluding carboxylic acids is 1. The first kappa shape index (κ1) is 23.2. The van der Waals surface area contributed by atoms with Crippen molar-refractivity contribution in [1.82, 2.24) is 10.3 Å². The van der Waals surface area contributed by atoms with Crippen molar-refractivity contribution in [3.8, 4) is 0 Å². The molecule has 3 rings (SSSR count). The van der Waals surface area contributed by atoms with Crippen molar-refractivity contribution < 1.29 is 18.0 Å². The first-order chi connectivity index (χ1) is 14.6. The zero-order valence-corrected chi connectivity index (χ0v) is 18.2. The highest BCUT2D eigenvalue weighted by Gasteiger charge is 2.32. The van der Waals surface area contributed by atoms with E-state index in [4.69, 9.17) is 11.6 Å². The smallest absolute Gasteiger partial charge is 0.372 e. The average Bonchev–Trinajstić information content (AvgIpc) is 2.73. The van der Waals surface area contributed by atoms with Gasteiger partial charge in [0.1, 0.15) is 11.9 Å². The van der Waals surface area contributed by atoms with Crippen LogP contribution in [-0.4, -0.2) is 36.1 Å². The molecule has 9 heteroatoms. The third-order valence-corrected chi connectivity index (χ3v) is 5.68. The molecule has 0 saturated carbocycles. The number of hydrogen-bond donors (Lipinski definition) is 2. The van der Waals surface area contributed by atoms with Crippen LogP contribution in [0.25, 0.3) is 0 Å². The van der Waals surface area contributed by atoms with Crippen LogP contribution in [0.1, 0.15) is 32.3 Å². The Kier molecular flexibility index (Phi) is 7.30. The lowest BCUT2D eigenvalue weighted by Gasteiger charge is -2.34. The number of anilines is 2. The summed E-state index contributed by atoms with van der Waals surface area (Å²) in [5.41, 5.74) is -0.526. The van der Waals surface area contributed by atoms with Gasteiger partial charge in [-0.15, -0.1) is 0 Å². The molecular weight excluding hydrogens is 429 g/mol. The molecule has 1 amide bonds. The average molecular weight is 455 g/mol. The number of alkyl halides is 3. The molecule has 1 aromatic heterocycles. The molecule has 0 aliphatic carbocycles. The fourth-order valence-corrected chi connectivity index (χ4v) is 3.83. The highest BCUT2D eigenvalue weighted by molar-refractivity contribution is 6.33. The topological polar surface area (TPSA) is 57.3 Å². The molecule has 0 spiro atoms. The number of rotatable bonds is 6. The van der Waals surface area contributed by atoms with E-state index in [1.165, 1.54) is 6.07 Å². The summed E-state index contributed by atoms with van der Waals surface area (Å²) in [6.45, 7) is 5.32. The van der Waals surface area contributed by atoms with Crippen LogP contribution in [0.15, 0.2) is 42.6 Å². The number of nitrogens with zero attached hydrogens (tertiary/aromatic N) is 2. The molecule has 0 bridgehead atoms. The van der Waals surface area contributed by atoms with Gasteiger partial charge in [0.15, 0.2) is 0 Å². The Morgan fingerprint density at radius 1 is 1.19 bits per heavy atom. The number of piperidine rings is 1. The summed E-state index contributed by atoms with van der Waals surface area (Å²) >= 11 is 6.05. The number of amides is 1. The van der Waals surface area contributed by atoms with E-state index in [9.17, 15) is 18.0 Å². The Bertz CT molecular complexity index is 884. The molecule has 1 aliphatic rings. The van der Waals surface area contributed by atoms with Crippen LogP contribution < -0.4 is 15.5 Å². The minimum atomic E-state index is -4.47. The van der Waals surface area contributed by atoms with Gasteiger partial charge >= 0.3 is 6.18 Å². The van der Waals surface area contributed by atoms with Gasteiger partial charge < -0.3 is 15.5 Å². The number of aromatic nitrogens is 1. The third kappa shape index (κ3) is 6.03. The molecule has 2 heterocycles. The molecule has 1 saturated heterocycles. The van der Waals surface area contributed by atoms with Crippen LogP contribution in [0, 0.1) is 5.92 Å². The lowest BCUT2D eigenvalue weighted by molar-refractivity contribution is -0.137. The van der Waals surface area contributed by atoms with Crippen LogP contribution in [0.4, 0.5) is 24.7 Å². The summed E-state index contributed by atoms with van der Waals surface area (Å²) in [6, 6.07) is 8.27. The first-order valence-corrected chi connectivity index (χ1v) is 10.6. The third-order valence-electron chi connectivity index (χ3n) is 5.37. The predicted octanol–water partition coefficient (Wildman–Crippen LogP) is 4.98. The maximum absolute atomic E-state index is 12.9. The van der Waals surface area contributed by atoms with Gasteiger partial charge in [0, 0.05) is 25.3 Å². The van der Waals surface area contributed by atoms with Crippen molar-refractivity contribution >= 4 is 29.0 Å². The quantitative estimate of drug-likeness (QED) is 0.646. The van der Waals surface area contributed by atoms with E-state index in [0.717, 1.165) is 43.9 Å². The van der Waals surface area contributed by atoms with Crippen molar-refractivity contribution in [2.24, 2.45) is 5.92 Å². The van der Waals surface area contributed by atoms with E-state index in [1.807, 2.05) is 32.0 Å². The second-order valence-electron chi connectivity index (χ2n) is 8.02. The number of carbonyl (C=O) groups is 1. The largest absolute Gasteiger partial charge is 0.416 e. The summed E-state index contributed by atoms with van der Waals surface area (Å²) in [4.78, 5) is 19.5. The molecule has 1 aliphatic heterocycles. The highest BCUT2D eigenvalue weighted by atomic mass is 35.5. The second-order valence-corrected chi connectivity index (χ2v) is 8.42. The Morgan fingerprint density at radius 3 is 2.45 bits per heavy atom. The highest BCUT2D eigenvalue weighted by Crippen LogP contribution is 2.34. The van der Waals surface area contributed by atoms with Crippen molar-refractivity contribution in [1.29, 1.82) is 0 Å². The van der Waals surface area contributed by atoms with Crippen LogP contribution in [0.5, 0.6) is 0 Å². The van der Waals surface area contributed by atoms with Crippen molar-refractivity contribution in [3.05, 3.63) is 53.2 Å². The minimum Gasteiger partial charge on any atom is -0.372 e. The Labute approximate surface area is 185 Å². The summed E-state index contributed by atoms with van der Waals surface area (Å²) in [7, 11) is 0. The predicted molar refractivity (Wildman–Crippen MR) is 116 cm³/mol. The molecule has 2 aromatic rings. The first-order valence-electron chi connectivity index (χ1n) is 10.2. The van der Waals surface area contributed by atoms with Gasteiger partial charge in [-0.1, -0.05) is 31.5 Å². The maximum Gasteiger partial charge on any atom is 0.416 e. The van der Waals surface area contributed by atoms with E-state index >= 15 is 0 Å². The van der Waals surface area contributed by atoms with Gasteiger partial charge in [0.05, 0.1) is 16.3 Å². The van der Waals surface area contributed by atoms with E-state index < -0.39 is 17.8 Å². The fourth-order valence-electron chi connectivity index (χ4n) is 3.60. The van der Waals surface area contributed by atoms with Gasteiger partial charge in [-0.25, -0.2) is 4.98 Å². The summed E-state index contributed by atoms with van der Waals surface area (Å²) in [6.07, 6.45) is -1.14. The standard InChI is InChI=1S/C22H26ClF3N4O/c1-14(2)20(29-18-7-6-15(13-17(18)23)22(24,25)26)21(31)28-16-8-11-30(12-9-16)19-5-3-4-10-27-19/h3-7,10,13-14,16,20,29H,8-9,11-12H2,1-2H3,(H,28,31)/t20-/m0/s1. The Morgan fingerprint density at radius 2 is 1.90 bits per heavy atom. The van der Waals surface area contributed by atoms with Gasteiger partial charge in [0.2, 0.25) is 5.91 Å². The van der Waals surface area contributed by atoms with Crippen molar-refractivity contribution in [2.75, 3.05) is 23.3 Å². The summed E-state index contributed by atoms with van der Waals surface area (Å²) in [5.74, 6) is 0.639. The zero-order valence-electron chi connectivity index (χ0n) is 17.4. The number of pyridine rings is 1. The normalized spacial score (nSPS) is 16.3. The molecule has 31 heavy (non-hydrogen) atoms. The Balaban J connectivity index is 1.60. The van der Waals surface area contributed by atoms with Gasteiger partial charge in [-0.3, -0.25) is 4.79 Å². The monoisotopic (exact) mass is 454 g/mol. The maximum atomic E-state index is 12.9. The molecule has 2 N–H and O–H groups in total. The SMILES string of the molecule is CC(C)[C@H](Nc1ccc(C(F)(F)F)cc1Cl)C(=O)NC1CCN(c2ccccn2)CC1. The number of nitrogens with one attached hydrogen (secondary N) is 2. The second kappa shape index (κ2) is 9.77. The molecule has 1 atom stereocenters.